The molecule has 8 nitrogen and oxygen atoms in total. The first-order valence-electron chi connectivity index (χ1n) is 8.11. The Morgan fingerprint density at radius 1 is 1.28 bits per heavy atom. The van der Waals surface area contributed by atoms with E-state index in [-0.39, 0.29) is 17.3 Å². The predicted octanol–water partition coefficient (Wildman–Crippen LogP) is 0.948. The second kappa shape index (κ2) is 6.62. The largest absolute Gasteiger partial charge is 0.468 e. The van der Waals surface area contributed by atoms with Gasteiger partial charge in [-0.15, -0.1) is 0 Å². The third kappa shape index (κ3) is 3.08. The summed E-state index contributed by atoms with van der Waals surface area (Å²) in [6.45, 7) is 1.87. The molecule has 1 saturated carbocycles. The Morgan fingerprint density at radius 3 is 2.52 bits per heavy atom. The molecular formula is C16H20N4O4S. The van der Waals surface area contributed by atoms with Crippen LogP contribution < -0.4 is 11.2 Å². The average molecular weight is 364 g/mol. The lowest BCUT2D eigenvalue weighted by Crippen LogP contribution is -2.38. The van der Waals surface area contributed by atoms with Gasteiger partial charge in [0.15, 0.2) is 5.65 Å². The number of esters is 1. The first kappa shape index (κ1) is 17.7. The van der Waals surface area contributed by atoms with Gasteiger partial charge in [-0.3, -0.25) is 18.7 Å². The van der Waals surface area contributed by atoms with Crippen molar-refractivity contribution in [1.29, 1.82) is 0 Å². The molecule has 0 aliphatic heterocycles. The van der Waals surface area contributed by atoms with Crippen molar-refractivity contribution in [2.75, 3.05) is 7.11 Å². The van der Waals surface area contributed by atoms with E-state index < -0.39 is 16.5 Å². The Kier molecular flexibility index (Phi) is 4.68. The third-order valence-corrected chi connectivity index (χ3v) is 5.64. The molecule has 1 fully saturated rings. The van der Waals surface area contributed by atoms with Crippen LogP contribution in [0.5, 0.6) is 0 Å². The minimum absolute atomic E-state index is 0.251. The van der Waals surface area contributed by atoms with E-state index in [0.29, 0.717) is 22.9 Å². The van der Waals surface area contributed by atoms with Crippen LogP contribution in [0, 0.1) is 0 Å². The number of aromatic nitrogens is 4. The number of hydrogen-bond acceptors (Lipinski definition) is 7. The lowest BCUT2D eigenvalue weighted by atomic mass is 10.3. The molecule has 0 amide bonds. The van der Waals surface area contributed by atoms with Gasteiger partial charge in [-0.1, -0.05) is 18.7 Å². The maximum atomic E-state index is 12.7. The van der Waals surface area contributed by atoms with Crippen molar-refractivity contribution in [3.63, 3.8) is 0 Å². The van der Waals surface area contributed by atoms with E-state index in [4.69, 9.17) is 4.74 Å². The molecule has 0 saturated heterocycles. The zero-order chi connectivity index (χ0) is 18.3. The number of aryl methyl sites for hydroxylation is 1. The smallest absolute Gasteiger partial charge is 0.332 e. The molecule has 2 aromatic rings. The van der Waals surface area contributed by atoms with Crippen molar-refractivity contribution in [3.05, 3.63) is 26.7 Å². The van der Waals surface area contributed by atoms with E-state index in [9.17, 15) is 14.4 Å². The van der Waals surface area contributed by atoms with Crippen LogP contribution in [0.4, 0.5) is 0 Å². The Labute approximate surface area is 148 Å². The molecule has 0 N–H and O–H groups in total. The van der Waals surface area contributed by atoms with Crippen LogP contribution in [0.25, 0.3) is 11.0 Å². The minimum atomic E-state index is -0.475. The van der Waals surface area contributed by atoms with Crippen LogP contribution in [0.3, 0.4) is 0 Å². The molecule has 0 bridgehead atoms. The summed E-state index contributed by atoms with van der Waals surface area (Å²) in [5, 5.41) is 0.221. The minimum Gasteiger partial charge on any atom is -0.468 e. The number of carbonyl (C=O) groups excluding carboxylic acids is 1. The van der Waals surface area contributed by atoms with Gasteiger partial charge >= 0.3 is 11.7 Å². The average Bonchev–Trinajstić information content (AvgIpc) is 3.46. The Balaban J connectivity index is 2.27. The van der Waals surface area contributed by atoms with E-state index in [0.717, 1.165) is 17.4 Å². The highest BCUT2D eigenvalue weighted by Crippen LogP contribution is 2.40. The van der Waals surface area contributed by atoms with Crippen LogP contribution in [-0.4, -0.2) is 37.4 Å². The maximum Gasteiger partial charge on any atom is 0.332 e. The summed E-state index contributed by atoms with van der Waals surface area (Å²) in [6.07, 6.45) is 2.51. The van der Waals surface area contributed by atoms with E-state index in [1.165, 1.54) is 30.5 Å². The number of hydrogen-bond donors (Lipinski definition) is 0. The number of nitrogens with zero attached hydrogens (tertiary/aromatic N) is 4. The molecule has 3 rings (SSSR count). The van der Waals surface area contributed by atoms with Crippen molar-refractivity contribution < 1.29 is 9.53 Å². The van der Waals surface area contributed by atoms with E-state index in [1.54, 1.807) is 7.05 Å². The quantitative estimate of drug-likeness (QED) is 0.443. The second-order valence-corrected chi connectivity index (χ2v) is 7.29. The molecule has 2 heterocycles. The zero-order valence-corrected chi connectivity index (χ0v) is 15.4. The van der Waals surface area contributed by atoms with Crippen molar-refractivity contribution in [2.45, 2.75) is 42.4 Å². The van der Waals surface area contributed by atoms with Crippen LogP contribution in [0.1, 0.15) is 37.9 Å². The summed E-state index contributed by atoms with van der Waals surface area (Å²) in [4.78, 5) is 45.9. The van der Waals surface area contributed by atoms with Crippen LogP contribution >= 0.6 is 11.8 Å². The van der Waals surface area contributed by atoms with Crippen LogP contribution in [0.15, 0.2) is 14.6 Å². The topological polar surface area (TPSA) is 96.1 Å². The summed E-state index contributed by atoms with van der Waals surface area (Å²) in [6, 6.07) is 0. The number of carbonyl (C=O) groups is 1. The molecule has 0 aromatic carbocycles. The van der Waals surface area contributed by atoms with Gasteiger partial charge in [0.25, 0.3) is 5.56 Å². The third-order valence-electron chi connectivity index (χ3n) is 4.32. The normalized spacial score (nSPS) is 15.4. The van der Waals surface area contributed by atoms with E-state index >= 15 is 0 Å². The molecular weight excluding hydrogens is 344 g/mol. The number of fused-ring (bicyclic) bond motifs is 1. The van der Waals surface area contributed by atoms with Crippen molar-refractivity contribution in [1.82, 2.24) is 19.1 Å². The standard InChI is InChI=1S/C16H20N4O4S/c1-5-9(15(22)24-4)25-13-10-12(17-11(18-13)8-6-7-8)19(2)16(23)20(3)14(10)21/h8-9H,5-7H2,1-4H3/t9-/m0/s1. The zero-order valence-electron chi connectivity index (χ0n) is 14.6. The number of methoxy groups -OCH3 is 1. The highest BCUT2D eigenvalue weighted by Gasteiger charge is 2.30. The molecule has 1 atom stereocenters. The first-order valence-corrected chi connectivity index (χ1v) is 8.99. The van der Waals surface area contributed by atoms with Gasteiger partial charge in [0.1, 0.15) is 21.5 Å². The summed E-state index contributed by atoms with van der Waals surface area (Å²) in [5.74, 6) is 0.507. The monoisotopic (exact) mass is 364 g/mol. The summed E-state index contributed by atoms with van der Waals surface area (Å²) >= 11 is 1.19. The van der Waals surface area contributed by atoms with Crippen LogP contribution in [0.2, 0.25) is 0 Å². The molecule has 9 heteroatoms. The van der Waals surface area contributed by atoms with Crippen molar-refractivity contribution in [3.8, 4) is 0 Å². The van der Waals surface area contributed by atoms with Gasteiger partial charge in [-0.05, 0) is 19.3 Å². The lowest BCUT2D eigenvalue weighted by molar-refractivity contribution is -0.140. The summed E-state index contributed by atoms with van der Waals surface area (Å²) in [5.41, 5.74) is -0.580. The van der Waals surface area contributed by atoms with Gasteiger partial charge in [0.2, 0.25) is 0 Å². The molecule has 1 aliphatic carbocycles. The van der Waals surface area contributed by atoms with Crippen molar-refractivity contribution >= 4 is 28.8 Å². The number of thioether (sulfide) groups is 1. The predicted molar refractivity (Wildman–Crippen MR) is 93.9 cm³/mol. The van der Waals surface area contributed by atoms with E-state index in [2.05, 4.69) is 9.97 Å². The molecule has 25 heavy (non-hydrogen) atoms. The van der Waals surface area contributed by atoms with Gasteiger partial charge < -0.3 is 4.74 Å². The molecule has 0 radical (unpaired) electrons. The van der Waals surface area contributed by atoms with E-state index in [1.807, 2.05) is 6.92 Å². The van der Waals surface area contributed by atoms with Gasteiger partial charge in [-0.25, -0.2) is 14.8 Å². The van der Waals surface area contributed by atoms with Gasteiger partial charge in [0, 0.05) is 20.0 Å². The first-order chi connectivity index (χ1) is 11.9. The maximum absolute atomic E-state index is 12.7. The molecule has 134 valence electrons. The fourth-order valence-electron chi connectivity index (χ4n) is 2.62. The fraction of sp³-hybridized carbons (Fsp3) is 0.562. The molecule has 0 unspecified atom stereocenters. The number of rotatable bonds is 5. The molecule has 0 spiro atoms. The Morgan fingerprint density at radius 2 is 1.96 bits per heavy atom. The van der Waals surface area contributed by atoms with Gasteiger partial charge in [-0.2, -0.15) is 0 Å². The fourth-order valence-corrected chi connectivity index (χ4v) is 3.69. The summed E-state index contributed by atoms with van der Waals surface area (Å²) < 4.78 is 7.22. The molecule has 2 aromatic heterocycles. The van der Waals surface area contributed by atoms with Gasteiger partial charge in [0.05, 0.1) is 7.11 Å². The SMILES string of the molecule is CC[C@H](Sc1nc(C2CC2)nc2c1c(=O)n(C)c(=O)n2C)C(=O)OC. The number of ether oxygens (including phenoxy) is 1. The van der Waals surface area contributed by atoms with Crippen molar-refractivity contribution in [2.24, 2.45) is 14.1 Å². The Bertz CT molecular complexity index is 961. The van der Waals surface area contributed by atoms with Crippen LogP contribution in [-0.2, 0) is 23.6 Å². The second-order valence-electron chi connectivity index (χ2n) is 6.10. The highest BCUT2D eigenvalue weighted by atomic mass is 32.2. The molecule has 1 aliphatic rings. The lowest BCUT2D eigenvalue weighted by Gasteiger charge is -2.15. The highest BCUT2D eigenvalue weighted by molar-refractivity contribution is 8.00. The summed E-state index contributed by atoms with van der Waals surface area (Å²) in [7, 11) is 4.34. The Hall–Kier alpha value is -2.16.